The van der Waals surface area contributed by atoms with Crippen LogP contribution in [0.25, 0.3) is 0 Å². The van der Waals surface area contributed by atoms with Crippen molar-refractivity contribution in [3.8, 4) is 0 Å². The summed E-state index contributed by atoms with van der Waals surface area (Å²) in [4.78, 5) is 25.8. The Kier molecular flexibility index (Phi) is 9.86. The number of aliphatic hydroxyl groups is 1. The number of nitrogens with zero attached hydrogens (tertiary/aromatic N) is 1. The Balaban J connectivity index is 1.42. The van der Waals surface area contributed by atoms with Gasteiger partial charge in [0.05, 0.1) is 38.6 Å². The van der Waals surface area contributed by atoms with Gasteiger partial charge in [0.25, 0.3) is 0 Å². The van der Waals surface area contributed by atoms with Gasteiger partial charge in [-0.1, -0.05) is 36.4 Å². The number of ether oxygens (including phenoxy) is 4. The number of carbonyl (C=O) groups excluding carboxylic acids is 2. The van der Waals surface area contributed by atoms with Crippen molar-refractivity contribution >= 4 is 17.7 Å². The Hall–Kier alpha value is -3.02. The monoisotopic (exact) mass is 513 g/mol. The van der Waals surface area contributed by atoms with Gasteiger partial charge < -0.3 is 34.7 Å². The first kappa shape index (κ1) is 27.0. The normalized spacial score (nSPS) is 22.3. The van der Waals surface area contributed by atoms with Gasteiger partial charge in [-0.05, 0) is 30.2 Å². The number of anilines is 1. The topological polar surface area (TPSA) is 119 Å². The average Bonchev–Trinajstić information content (AvgIpc) is 2.93. The van der Waals surface area contributed by atoms with E-state index >= 15 is 0 Å². The molecule has 2 fully saturated rings. The number of hydrogen-bond donors (Lipinski definition) is 3. The first-order valence-electron chi connectivity index (χ1n) is 12.6. The van der Waals surface area contributed by atoms with Crippen molar-refractivity contribution in [1.82, 2.24) is 10.2 Å². The van der Waals surface area contributed by atoms with E-state index in [-0.39, 0.29) is 32.0 Å². The number of amides is 2. The van der Waals surface area contributed by atoms with Crippen LogP contribution in [0, 0.1) is 0 Å². The lowest BCUT2D eigenvalue weighted by atomic mass is 9.99. The molecule has 2 heterocycles. The third-order valence-corrected chi connectivity index (χ3v) is 6.32. The van der Waals surface area contributed by atoms with Crippen molar-refractivity contribution in [2.45, 2.75) is 38.4 Å². The summed E-state index contributed by atoms with van der Waals surface area (Å²) in [6.45, 7) is 5.75. The van der Waals surface area contributed by atoms with Crippen molar-refractivity contribution < 1.29 is 33.6 Å². The van der Waals surface area contributed by atoms with Crippen molar-refractivity contribution in [2.75, 3.05) is 51.3 Å². The Morgan fingerprint density at radius 2 is 1.73 bits per heavy atom. The van der Waals surface area contributed by atoms with Crippen LogP contribution in [0.2, 0.25) is 0 Å². The molecule has 37 heavy (non-hydrogen) atoms. The fraction of sp³-hybridized carbons (Fsp3) is 0.481. The lowest BCUT2D eigenvalue weighted by Crippen LogP contribution is -2.44. The predicted octanol–water partition coefficient (Wildman–Crippen LogP) is 2.74. The maximum Gasteiger partial charge on any atom is 0.325 e. The van der Waals surface area contributed by atoms with Gasteiger partial charge in [-0.3, -0.25) is 9.69 Å². The molecule has 10 nitrogen and oxygen atoms in total. The molecule has 3 atom stereocenters. The first-order valence-corrected chi connectivity index (χ1v) is 12.6. The second-order valence-electron chi connectivity index (χ2n) is 9.00. The molecule has 200 valence electrons. The molecule has 2 saturated heterocycles. The van der Waals surface area contributed by atoms with Crippen molar-refractivity contribution in [1.29, 1.82) is 0 Å². The molecular weight excluding hydrogens is 478 g/mol. The molecule has 2 aliphatic heterocycles. The van der Waals surface area contributed by atoms with Gasteiger partial charge in [0.1, 0.15) is 6.54 Å². The summed E-state index contributed by atoms with van der Waals surface area (Å²) in [6, 6.07) is 14.6. The molecule has 2 aromatic carbocycles. The van der Waals surface area contributed by atoms with Gasteiger partial charge in [-0.2, -0.15) is 0 Å². The number of rotatable bonds is 9. The van der Waals surface area contributed by atoms with Gasteiger partial charge >= 0.3 is 12.0 Å². The molecule has 2 aromatic rings. The van der Waals surface area contributed by atoms with Gasteiger partial charge in [0.15, 0.2) is 6.29 Å². The van der Waals surface area contributed by atoms with E-state index in [4.69, 9.17) is 18.9 Å². The number of morpholine rings is 1. The maximum atomic E-state index is 12.1. The Labute approximate surface area is 216 Å². The van der Waals surface area contributed by atoms with Crippen LogP contribution in [-0.4, -0.2) is 74.1 Å². The van der Waals surface area contributed by atoms with Gasteiger partial charge in [0.2, 0.25) is 0 Å². The van der Waals surface area contributed by atoms with Crippen LogP contribution < -0.4 is 10.6 Å². The molecule has 0 unspecified atom stereocenters. The van der Waals surface area contributed by atoms with E-state index in [2.05, 4.69) is 15.5 Å². The van der Waals surface area contributed by atoms with Crippen LogP contribution in [0.5, 0.6) is 0 Å². The van der Waals surface area contributed by atoms with E-state index in [1.54, 1.807) is 19.1 Å². The summed E-state index contributed by atoms with van der Waals surface area (Å²) in [5.41, 5.74) is 3.30. The minimum atomic E-state index is -0.575. The van der Waals surface area contributed by atoms with Crippen molar-refractivity contribution in [3.63, 3.8) is 0 Å². The highest BCUT2D eigenvalue weighted by Crippen LogP contribution is 2.38. The predicted molar refractivity (Wildman–Crippen MR) is 136 cm³/mol. The SMILES string of the molecule is CCOC(=O)CNC(=O)Nc1ccc([C@@H]2O[C@H](CN3CCOCC3)C[C@H](c3ccc(CO)cc3)O2)cc1. The van der Waals surface area contributed by atoms with Crippen LogP contribution >= 0.6 is 0 Å². The van der Waals surface area contributed by atoms with Gasteiger partial charge in [-0.25, -0.2) is 4.79 Å². The Morgan fingerprint density at radius 1 is 1.03 bits per heavy atom. The summed E-state index contributed by atoms with van der Waals surface area (Å²) in [7, 11) is 0. The third kappa shape index (κ3) is 7.98. The summed E-state index contributed by atoms with van der Waals surface area (Å²) in [5.74, 6) is -0.494. The summed E-state index contributed by atoms with van der Waals surface area (Å²) in [5, 5.41) is 14.6. The summed E-state index contributed by atoms with van der Waals surface area (Å²) >= 11 is 0. The second-order valence-corrected chi connectivity index (χ2v) is 9.00. The maximum absolute atomic E-state index is 12.1. The summed E-state index contributed by atoms with van der Waals surface area (Å²) in [6.07, 6.45) is -0.0594. The molecule has 0 aliphatic carbocycles. The average molecular weight is 514 g/mol. The number of carbonyl (C=O) groups is 2. The second kappa shape index (κ2) is 13.5. The van der Waals surface area contributed by atoms with Crippen LogP contribution in [0.1, 0.15) is 42.4 Å². The van der Waals surface area contributed by atoms with E-state index in [9.17, 15) is 14.7 Å². The highest BCUT2D eigenvalue weighted by Gasteiger charge is 2.33. The number of hydrogen-bond acceptors (Lipinski definition) is 8. The third-order valence-electron chi connectivity index (χ3n) is 6.32. The smallest absolute Gasteiger partial charge is 0.325 e. The zero-order valence-corrected chi connectivity index (χ0v) is 21.1. The highest BCUT2D eigenvalue weighted by atomic mass is 16.7. The Morgan fingerprint density at radius 3 is 2.41 bits per heavy atom. The first-order chi connectivity index (χ1) is 18.0. The van der Waals surface area contributed by atoms with E-state index in [0.717, 1.165) is 49.5 Å². The molecule has 2 aliphatic rings. The van der Waals surface area contributed by atoms with E-state index in [1.807, 2.05) is 36.4 Å². The highest BCUT2D eigenvalue weighted by molar-refractivity contribution is 5.91. The minimum Gasteiger partial charge on any atom is -0.465 e. The van der Waals surface area contributed by atoms with Crippen molar-refractivity contribution in [3.05, 3.63) is 65.2 Å². The van der Waals surface area contributed by atoms with E-state index in [1.165, 1.54) is 0 Å². The lowest BCUT2D eigenvalue weighted by Gasteiger charge is -2.39. The molecular formula is C27H35N3O7. The standard InChI is InChI=1S/C27H35N3O7/c1-2-35-25(32)16-28-27(33)29-22-9-7-21(8-10-22)26-36-23(17-30-11-13-34-14-12-30)15-24(37-26)20-5-3-19(18-31)4-6-20/h3-10,23-24,26,31H,2,11-18H2,1H3,(H2,28,29,33)/t23-,24+,26+/m0/s1. The molecule has 10 heteroatoms. The van der Waals surface area contributed by atoms with Crippen LogP contribution in [-0.2, 0) is 30.3 Å². The fourth-order valence-corrected chi connectivity index (χ4v) is 4.37. The molecule has 4 rings (SSSR count). The zero-order valence-electron chi connectivity index (χ0n) is 21.1. The molecule has 0 radical (unpaired) electrons. The molecule has 0 saturated carbocycles. The van der Waals surface area contributed by atoms with Gasteiger partial charge in [-0.15, -0.1) is 0 Å². The number of esters is 1. The van der Waals surface area contributed by atoms with Crippen LogP contribution in [0.15, 0.2) is 48.5 Å². The molecule has 3 N–H and O–H groups in total. The molecule has 0 bridgehead atoms. The largest absolute Gasteiger partial charge is 0.465 e. The zero-order chi connectivity index (χ0) is 26.0. The van der Waals surface area contributed by atoms with E-state index < -0.39 is 18.3 Å². The van der Waals surface area contributed by atoms with Crippen LogP contribution in [0.3, 0.4) is 0 Å². The molecule has 0 aromatic heterocycles. The van der Waals surface area contributed by atoms with E-state index in [0.29, 0.717) is 12.1 Å². The number of aliphatic hydroxyl groups excluding tert-OH is 1. The molecule has 2 amide bonds. The quantitative estimate of drug-likeness (QED) is 0.438. The molecule has 0 spiro atoms. The van der Waals surface area contributed by atoms with Crippen molar-refractivity contribution in [2.24, 2.45) is 0 Å². The minimum absolute atomic E-state index is 0.00156. The number of nitrogens with one attached hydrogen (secondary N) is 2. The summed E-state index contributed by atoms with van der Waals surface area (Å²) < 4.78 is 23.1. The fourth-order valence-electron chi connectivity index (χ4n) is 4.37. The lowest BCUT2D eigenvalue weighted by molar-refractivity contribution is -0.253. The Bertz CT molecular complexity index is 1010. The number of urea groups is 1. The number of benzene rings is 2. The van der Waals surface area contributed by atoms with Crippen LogP contribution in [0.4, 0.5) is 10.5 Å². The van der Waals surface area contributed by atoms with Gasteiger partial charge in [0, 0.05) is 37.3 Å².